The van der Waals surface area contributed by atoms with Crippen molar-refractivity contribution in [3.63, 3.8) is 0 Å². The minimum absolute atomic E-state index is 0.453. The summed E-state index contributed by atoms with van der Waals surface area (Å²) in [5.41, 5.74) is 0. The van der Waals surface area contributed by atoms with Crippen LogP contribution in [0.25, 0.3) is 0 Å². The normalized spacial score (nSPS) is 24.6. The lowest BCUT2D eigenvalue weighted by molar-refractivity contribution is -0.120. The molecule has 2 fully saturated rings. The summed E-state index contributed by atoms with van der Waals surface area (Å²) in [4.78, 5) is 13.9. The average Bonchev–Trinajstić information content (AvgIpc) is 2.93. The number of hydrogen-bond donors (Lipinski definition) is 1. The number of carbonyl (C=O) groups excluding carboxylic acids is 1. The monoisotopic (exact) mass is 196 g/mol. The molecule has 0 unspecified atom stereocenters. The highest BCUT2D eigenvalue weighted by Crippen LogP contribution is 2.32. The third-order valence-electron chi connectivity index (χ3n) is 3.05. The van der Waals surface area contributed by atoms with E-state index in [0.29, 0.717) is 12.3 Å². The molecule has 0 aromatic heterocycles. The lowest BCUT2D eigenvalue weighted by Crippen LogP contribution is -2.33. The molecule has 0 amide bonds. The number of hydrogen-bond acceptors (Lipinski definition) is 3. The minimum atomic E-state index is 0.453. The van der Waals surface area contributed by atoms with Crippen LogP contribution in [-0.2, 0) is 4.79 Å². The highest BCUT2D eigenvalue weighted by molar-refractivity contribution is 5.80. The van der Waals surface area contributed by atoms with Crippen molar-refractivity contribution >= 4 is 5.78 Å². The Kier molecular flexibility index (Phi) is 3.54. The highest BCUT2D eigenvalue weighted by atomic mass is 16.1. The van der Waals surface area contributed by atoms with Crippen molar-refractivity contribution in [2.24, 2.45) is 5.92 Å². The fourth-order valence-electron chi connectivity index (χ4n) is 2.02. The van der Waals surface area contributed by atoms with Gasteiger partial charge in [0.05, 0.1) is 6.54 Å². The Bertz CT molecular complexity index is 193. The molecule has 3 heteroatoms. The Morgan fingerprint density at radius 1 is 1.29 bits per heavy atom. The molecule has 1 heterocycles. The van der Waals surface area contributed by atoms with Crippen LogP contribution in [0.3, 0.4) is 0 Å². The molecule has 1 aliphatic heterocycles. The van der Waals surface area contributed by atoms with Crippen molar-refractivity contribution in [3.8, 4) is 0 Å². The Hall–Kier alpha value is -0.410. The van der Waals surface area contributed by atoms with Gasteiger partial charge in [-0.05, 0) is 38.3 Å². The van der Waals surface area contributed by atoms with E-state index in [2.05, 4.69) is 10.2 Å². The number of carbonyl (C=O) groups is 1. The predicted octanol–water partition coefficient (Wildman–Crippen LogP) is 0.651. The van der Waals surface area contributed by atoms with Gasteiger partial charge in [0.15, 0.2) is 0 Å². The molecule has 2 aliphatic rings. The molecule has 0 radical (unpaired) electrons. The first-order chi connectivity index (χ1) is 6.84. The van der Waals surface area contributed by atoms with Crippen molar-refractivity contribution < 1.29 is 4.79 Å². The maximum Gasteiger partial charge on any atom is 0.147 e. The SMILES string of the molecule is O=C(CC1CC1)CN1CCCNCC1. The molecular weight excluding hydrogens is 176 g/mol. The third-order valence-corrected chi connectivity index (χ3v) is 3.05. The second kappa shape index (κ2) is 4.89. The van der Waals surface area contributed by atoms with Crippen LogP contribution in [-0.4, -0.2) is 43.4 Å². The van der Waals surface area contributed by atoms with Crippen LogP contribution in [0.1, 0.15) is 25.7 Å². The molecule has 1 N–H and O–H groups in total. The zero-order chi connectivity index (χ0) is 9.80. The quantitative estimate of drug-likeness (QED) is 0.716. The van der Waals surface area contributed by atoms with Crippen molar-refractivity contribution in [1.29, 1.82) is 0 Å². The van der Waals surface area contributed by atoms with Gasteiger partial charge < -0.3 is 5.32 Å². The lowest BCUT2D eigenvalue weighted by atomic mass is 10.2. The molecule has 0 aromatic rings. The molecule has 3 nitrogen and oxygen atoms in total. The molecule has 0 spiro atoms. The number of rotatable bonds is 4. The number of nitrogens with one attached hydrogen (secondary N) is 1. The zero-order valence-electron chi connectivity index (χ0n) is 8.80. The first kappa shape index (κ1) is 10.1. The van der Waals surface area contributed by atoms with E-state index in [1.807, 2.05) is 0 Å². The molecular formula is C11H20N2O. The molecule has 1 saturated heterocycles. The van der Waals surface area contributed by atoms with Crippen LogP contribution in [0.5, 0.6) is 0 Å². The first-order valence-corrected chi connectivity index (χ1v) is 5.79. The van der Waals surface area contributed by atoms with Gasteiger partial charge in [-0.2, -0.15) is 0 Å². The summed E-state index contributed by atoms with van der Waals surface area (Å²) in [7, 11) is 0. The highest BCUT2D eigenvalue weighted by Gasteiger charge is 2.25. The maximum atomic E-state index is 11.6. The average molecular weight is 196 g/mol. The van der Waals surface area contributed by atoms with E-state index in [4.69, 9.17) is 0 Å². The second-order valence-electron chi connectivity index (χ2n) is 4.57. The van der Waals surface area contributed by atoms with Gasteiger partial charge in [0.2, 0.25) is 0 Å². The molecule has 0 bridgehead atoms. The maximum absolute atomic E-state index is 11.6. The summed E-state index contributed by atoms with van der Waals surface area (Å²) in [6.07, 6.45) is 4.58. The summed E-state index contributed by atoms with van der Waals surface area (Å²) in [6.45, 7) is 4.96. The van der Waals surface area contributed by atoms with Gasteiger partial charge in [0.25, 0.3) is 0 Å². The van der Waals surface area contributed by atoms with Crippen LogP contribution in [0.15, 0.2) is 0 Å². The third kappa shape index (κ3) is 3.39. The Morgan fingerprint density at radius 3 is 2.93 bits per heavy atom. The first-order valence-electron chi connectivity index (χ1n) is 5.79. The van der Waals surface area contributed by atoms with Gasteiger partial charge in [-0.3, -0.25) is 9.69 Å². The molecule has 1 aliphatic carbocycles. The molecule has 1 saturated carbocycles. The molecule has 2 rings (SSSR count). The minimum Gasteiger partial charge on any atom is -0.315 e. The lowest BCUT2D eigenvalue weighted by Gasteiger charge is -2.18. The topological polar surface area (TPSA) is 32.3 Å². The number of Topliss-reactive ketones (excluding diaryl/α,β-unsaturated/α-hetero) is 1. The van der Waals surface area contributed by atoms with Crippen LogP contribution in [0.2, 0.25) is 0 Å². The molecule has 80 valence electrons. The van der Waals surface area contributed by atoms with Crippen LogP contribution >= 0.6 is 0 Å². The molecule has 0 aromatic carbocycles. The van der Waals surface area contributed by atoms with E-state index in [-0.39, 0.29) is 0 Å². The Labute approximate surface area is 85.8 Å². The largest absolute Gasteiger partial charge is 0.315 e. The summed E-state index contributed by atoms with van der Waals surface area (Å²) in [6, 6.07) is 0. The summed E-state index contributed by atoms with van der Waals surface area (Å²) >= 11 is 0. The Morgan fingerprint density at radius 2 is 2.14 bits per heavy atom. The number of nitrogens with zero attached hydrogens (tertiary/aromatic N) is 1. The van der Waals surface area contributed by atoms with Crippen molar-refractivity contribution in [1.82, 2.24) is 10.2 Å². The fourth-order valence-corrected chi connectivity index (χ4v) is 2.02. The smallest absolute Gasteiger partial charge is 0.147 e. The van der Waals surface area contributed by atoms with Crippen LogP contribution in [0, 0.1) is 5.92 Å². The van der Waals surface area contributed by atoms with Crippen LogP contribution in [0.4, 0.5) is 0 Å². The van der Waals surface area contributed by atoms with Gasteiger partial charge in [-0.1, -0.05) is 0 Å². The second-order valence-corrected chi connectivity index (χ2v) is 4.57. The summed E-state index contributed by atoms with van der Waals surface area (Å²) in [5, 5.41) is 3.35. The van der Waals surface area contributed by atoms with E-state index in [0.717, 1.165) is 38.5 Å². The van der Waals surface area contributed by atoms with E-state index >= 15 is 0 Å². The van der Waals surface area contributed by atoms with Gasteiger partial charge in [0, 0.05) is 19.5 Å². The van der Waals surface area contributed by atoms with E-state index in [1.165, 1.54) is 19.3 Å². The zero-order valence-corrected chi connectivity index (χ0v) is 8.80. The number of ketones is 1. The molecule has 14 heavy (non-hydrogen) atoms. The van der Waals surface area contributed by atoms with Gasteiger partial charge in [0.1, 0.15) is 5.78 Å². The van der Waals surface area contributed by atoms with E-state index in [1.54, 1.807) is 0 Å². The van der Waals surface area contributed by atoms with E-state index in [9.17, 15) is 4.79 Å². The Balaban J connectivity index is 1.68. The fraction of sp³-hybridized carbons (Fsp3) is 0.909. The van der Waals surface area contributed by atoms with Gasteiger partial charge >= 0.3 is 0 Å². The molecule has 0 atom stereocenters. The van der Waals surface area contributed by atoms with Crippen molar-refractivity contribution in [3.05, 3.63) is 0 Å². The standard InChI is InChI=1S/C11H20N2O/c14-11(8-10-2-3-10)9-13-6-1-4-12-5-7-13/h10,12H,1-9H2. The predicted molar refractivity (Wildman–Crippen MR) is 56.3 cm³/mol. The van der Waals surface area contributed by atoms with Gasteiger partial charge in [-0.25, -0.2) is 0 Å². The summed E-state index contributed by atoms with van der Waals surface area (Å²) in [5.74, 6) is 1.20. The van der Waals surface area contributed by atoms with Crippen molar-refractivity contribution in [2.45, 2.75) is 25.7 Å². The van der Waals surface area contributed by atoms with Crippen molar-refractivity contribution in [2.75, 3.05) is 32.7 Å². The van der Waals surface area contributed by atoms with Crippen LogP contribution < -0.4 is 5.32 Å². The van der Waals surface area contributed by atoms with Gasteiger partial charge in [-0.15, -0.1) is 0 Å². The summed E-state index contributed by atoms with van der Waals surface area (Å²) < 4.78 is 0. The van der Waals surface area contributed by atoms with E-state index < -0.39 is 0 Å².